The Labute approximate surface area is 97.8 Å². The van der Waals surface area contributed by atoms with Gasteiger partial charge < -0.3 is 10.6 Å². The van der Waals surface area contributed by atoms with Gasteiger partial charge in [-0.1, -0.05) is 37.3 Å². The van der Waals surface area contributed by atoms with Crippen LogP contribution >= 0.6 is 24.4 Å². The molecule has 0 rings (SSSR count). The van der Waals surface area contributed by atoms with E-state index in [1.807, 2.05) is 13.8 Å². The SMILES string of the molecule is CC(=S)NCCCCCCNC(C)=S. The first-order valence-corrected chi connectivity index (χ1v) is 5.93. The Morgan fingerprint density at radius 2 is 1.14 bits per heavy atom. The molecule has 2 nitrogen and oxygen atoms in total. The summed E-state index contributed by atoms with van der Waals surface area (Å²) in [6.45, 7) is 5.85. The molecule has 82 valence electrons. The highest BCUT2D eigenvalue weighted by atomic mass is 32.1. The summed E-state index contributed by atoms with van der Waals surface area (Å²) in [7, 11) is 0. The lowest BCUT2D eigenvalue weighted by Gasteiger charge is -2.05. The molecule has 0 fully saturated rings. The molecule has 0 aliphatic carbocycles. The number of hydrogen-bond donors (Lipinski definition) is 2. The minimum Gasteiger partial charge on any atom is -0.380 e. The third-order valence-electron chi connectivity index (χ3n) is 1.85. The molecule has 0 heterocycles. The fraction of sp³-hybridized carbons (Fsp3) is 0.800. The highest BCUT2D eigenvalue weighted by Crippen LogP contribution is 1.97. The minimum absolute atomic E-state index is 0.892. The Morgan fingerprint density at radius 3 is 1.43 bits per heavy atom. The molecule has 0 aliphatic rings. The summed E-state index contributed by atoms with van der Waals surface area (Å²) in [4.78, 5) is 1.78. The maximum Gasteiger partial charge on any atom is 0.0721 e. The van der Waals surface area contributed by atoms with Crippen molar-refractivity contribution in [3.05, 3.63) is 0 Å². The molecule has 0 aromatic heterocycles. The summed E-state index contributed by atoms with van der Waals surface area (Å²) in [5.74, 6) is 0. The molecule has 0 spiro atoms. The quantitative estimate of drug-likeness (QED) is 0.520. The van der Waals surface area contributed by atoms with E-state index in [4.69, 9.17) is 24.4 Å². The van der Waals surface area contributed by atoms with Gasteiger partial charge >= 0.3 is 0 Å². The lowest BCUT2D eigenvalue weighted by atomic mass is 10.2. The molecule has 14 heavy (non-hydrogen) atoms. The maximum absolute atomic E-state index is 4.91. The zero-order chi connectivity index (χ0) is 10.8. The third kappa shape index (κ3) is 11.8. The van der Waals surface area contributed by atoms with Crippen LogP contribution in [0.4, 0.5) is 0 Å². The third-order valence-corrected chi connectivity index (χ3v) is 2.14. The van der Waals surface area contributed by atoms with Gasteiger partial charge in [0, 0.05) is 13.1 Å². The van der Waals surface area contributed by atoms with Gasteiger partial charge in [0.25, 0.3) is 0 Å². The van der Waals surface area contributed by atoms with Crippen molar-refractivity contribution >= 4 is 34.4 Å². The molecule has 4 heteroatoms. The smallest absolute Gasteiger partial charge is 0.0721 e. The summed E-state index contributed by atoms with van der Waals surface area (Å²) < 4.78 is 0. The van der Waals surface area contributed by atoms with Gasteiger partial charge in [-0.15, -0.1) is 0 Å². The van der Waals surface area contributed by atoms with Crippen LogP contribution < -0.4 is 10.6 Å². The van der Waals surface area contributed by atoms with E-state index in [9.17, 15) is 0 Å². The number of hydrogen-bond acceptors (Lipinski definition) is 2. The molecule has 0 atom stereocenters. The molecule has 0 aromatic rings. The average molecular weight is 232 g/mol. The van der Waals surface area contributed by atoms with Crippen molar-refractivity contribution in [2.45, 2.75) is 39.5 Å². The number of thiocarbonyl (C=S) groups is 2. The van der Waals surface area contributed by atoms with Gasteiger partial charge in [0.15, 0.2) is 0 Å². The predicted octanol–water partition coefficient (Wildman–Crippen LogP) is 2.42. The van der Waals surface area contributed by atoms with Crippen LogP contribution in [0, 0.1) is 0 Å². The first kappa shape index (κ1) is 13.8. The first-order chi connectivity index (χ1) is 6.63. The van der Waals surface area contributed by atoms with Crippen LogP contribution in [-0.4, -0.2) is 23.1 Å². The van der Waals surface area contributed by atoms with Crippen molar-refractivity contribution < 1.29 is 0 Å². The van der Waals surface area contributed by atoms with Crippen LogP contribution in [0.25, 0.3) is 0 Å². The minimum atomic E-state index is 0.892. The van der Waals surface area contributed by atoms with Gasteiger partial charge in [0.1, 0.15) is 0 Å². The molecular weight excluding hydrogens is 212 g/mol. The molecule has 0 saturated heterocycles. The lowest BCUT2D eigenvalue weighted by molar-refractivity contribution is 0.625. The molecule has 0 saturated carbocycles. The van der Waals surface area contributed by atoms with Gasteiger partial charge in [-0.05, 0) is 26.7 Å². The van der Waals surface area contributed by atoms with Crippen molar-refractivity contribution in [2.24, 2.45) is 0 Å². The van der Waals surface area contributed by atoms with Crippen molar-refractivity contribution in [1.82, 2.24) is 10.6 Å². The number of unbranched alkanes of at least 4 members (excludes halogenated alkanes) is 3. The van der Waals surface area contributed by atoms with Crippen molar-refractivity contribution in [1.29, 1.82) is 0 Å². The highest BCUT2D eigenvalue weighted by molar-refractivity contribution is 7.80. The van der Waals surface area contributed by atoms with E-state index in [1.165, 1.54) is 25.7 Å². The second-order valence-corrected chi connectivity index (χ2v) is 4.60. The van der Waals surface area contributed by atoms with E-state index < -0.39 is 0 Å². The van der Waals surface area contributed by atoms with Crippen molar-refractivity contribution in [3.8, 4) is 0 Å². The highest BCUT2D eigenvalue weighted by Gasteiger charge is 1.91. The van der Waals surface area contributed by atoms with Gasteiger partial charge in [-0.3, -0.25) is 0 Å². The van der Waals surface area contributed by atoms with Gasteiger partial charge in [0.2, 0.25) is 0 Å². The van der Waals surface area contributed by atoms with E-state index in [0.29, 0.717) is 0 Å². The Kier molecular flexibility index (Phi) is 9.19. The number of nitrogens with one attached hydrogen (secondary N) is 2. The Bertz CT molecular complexity index is 161. The van der Waals surface area contributed by atoms with Crippen LogP contribution in [0.1, 0.15) is 39.5 Å². The summed E-state index contributed by atoms with van der Waals surface area (Å²) in [6.07, 6.45) is 4.91. The average Bonchev–Trinajstić information content (AvgIpc) is 2.08. The fourth-order valence-corrected chi connectivity index (χ4v) is 1.34. The van der Waals surface area contributed by atoms with E-state index in [0.717, 1.165) is 23.1 Å². The summed E-state index contributed by atoms with van der Waals surface area (Å²) >= 11 is 9.82. The Morgan fingerprint density at radius 1 is 0.786 bits per heavy atom. The van der Waals surface area contributed by atoms with Crippen LogP contribution in [0.2, 0.25) is 0 Å². The van der Waals surface area contributed by atoms with E-state index in [-0.39, 0.29) is 0 Å². The molecule has 0 unspecified atom stereocenters. The molecule has 0 amide bonds. The fourth-order valence-electron chi connectivity index (χ4n) is 1.13. The Hall–Kier alpha value is -0.220. The number of rotatable bonds is 7. The zero-order valence-electron chi connectivity index (χ0n) is 9.06. The largest absolute Gasteiger partial charge is 0.380 e. The van der Waals surface area contributed by atoms with Crippen molar-refractivity contribution in [2.75, 3.05) is 13.1 Å². The topological polar surface area (TPSA) is 24.1 Å². The summed E-state index contributed by atoms with van der Waals surface area (Å²) in [6, 6.07) is 0. The van der Waals surface area contributed by atoms with E-state index in [1.54, 1.807) is 0 Å². The standard InChI is InChI=1S/C10H20N2S2/c1-9(13)11-7-5-3-4-6-8-12-10(2)14/h3-8H2,1-2H3,(H,11,13)(H,12,14). The zero-order valence-corrected chi connectivity index (χ0v) is 10.7. The Balaban J connectivity index is 2.99. The van der Waals surface area contributed by atoms with Crippen molar-refractivity contribution in [3.63, 3.8) is 0 Å². The molecule has 2 N–H and O–H groups in total. The van der Waals surface area contributed by atoms with Crippen LogP contribution in [-0.2, 0) is 0 Å². The summed E-state index contributed by atoms with van der Waals surface area (Å²) in [5.41, 5.74) is 0. The van der Waals surface area contributed by atoms with E-state index in [2.05, 4.69) is 10.6 Å². The second kappa shape index (κ2) is 9.34. The predicted molar refractivity (Wildman–Crippen MR) is 71.0 cm³/mol. The monoisotopic (exact) mass is 232 g/mol. The van der Waals surface area contributed by atoms with E-state index >= 15 is 0 Å². The lowest BCUT2D eigenvalue weighted by Crippen LogP contribution is -2.20. The molecule has 0 aromatic carbocycles. The van der Waals surface area contributed by atoms with Gasteiger partial charge in [-0.2, -0.15) is 0 Å². The van der Waals surface area contributed by atoms with Gasteiger partial charge in [0.05, 0.1) is 9.98 Å². The second-order valence-electron chi connectivity index (χ2n) is 3.38. The normalized spacial score (nSPS) is 9.57. The molecule has 0 aliphatic heterocycles. The molecule has 0 bridgehead atoms. The van der Waals surface area contributed by atoms with Crippen LogP contribution in [0.15, 0.2) is 0 Å². The van der Waals surface area contributed by atoms with Crippen LogP contribution in [0.5, 0.6) is 0 Å². The molecular formula is C10H20N2S2. The molecule has 0 radical (unpaired) electrons. The first-order valence-electron chi connectivity index (χ1n) is 5.12. The van der Waals surface area contributed by atoms with Gasteiger partial charge in [-0.25, -0.2) is 0 Å². The summed E-state index contributed by atoms with van der Waals surface area (Å²) in [5, 5.41) is 6.30. The van der Waals surface area contributed by atoms with Crippen LogP contribution in [0.3, 0.4) is 0 Å². The maximum atomic E-state index is 4.91.